The van der Waals surface area contributed by atoms with Crippen LogP contribution in [-0.4, -0.2) is 64.7 Å². The van der Waals surface area contributed by atoms with Crippen molar-refractivity contribution in [3.63, 3.8) is 0 Å². The summed E-state index contributed by atoms with van der Waals surface area (Å²) in [4.78, 5) is 0. The molecule has 1 aliphatic heterocycles. The Labute approximate surface area is 75.8 Å². The Bertz CT molecular complexity index is 147. The molecule has 0 aromatic heterocycles. The third-order valence-electron chi connectivity index (χ3n) is 2.18. The number of ether oxygens (including phenoxy) is 1. The fraction of sp³-hybridized carbons (Fsp3) is 1.00. The second-order valence-electron chi connectivity index (χ2n) is 3.04. The van der Waals surface area contributed by atoms with E-state index in [1.165, 1.54) is 0 Å². The summed E-state index contributed by atoms with van der Waals surface area (Å²) in [6.45, 7) is -0.400. The van der Waals surface area contributed by atoms with Gasteiger partial charge in [0.1, 0.15) is 30.6 Å². The van der Waals surface area contributed by atoms with Gasteiger partial charge in [-0.2, -0.15) is 0 Å². The van der Waals surface area contributed by atoms with E-state index in [-0.39, 0.29) is 0 Å². The maximum atomic E-state index is 9.34. The van der Waals surface area contributed by atoms with Crippen molar-refractivity contribution >= 4 is 0 Å². The van der Waals surface area contributed by atoms with Gasteiger partial charge in [-0.1, -0.05) is 0 Å². The molecule has 1 rings (SSSR count). The van der Waals surface area contributed by atoms with Gasteiger partial charge in [0, 0.05) is 0 Å². The first kappa shape index (κ1) is 10.8. The van der Waals surface area contributed by atoms with E-state index in [0.717, 1.165) is 0 Å². The number of nitrogens with one attached hydrogen (secondary N) is 1. The zero-order valence-electron chi connectivity index (χ0n) is 7.29. The van der Waals surface area contributed by atoms with Gasteiger partial charge in [0.05, 0.1) is 6.61 Å². The molecular weight excluding hydrogens is 178 g/mol. The first-order chi connectivity index (χ1) is 6.11. The zero-order chi connectivity index (χ0) is 10.0. The highest BCUT2D eigenvalue weighted by Gasteiger charge is 2.42. The number of aliphatic hydroxyl groups excluding tert-OH is 4. The lowest BCUT2D eigenvalue weighted by atomic mass is 9.98. The summed E-state index contributed by atoms with van der Waals surface area (Å²) in [6, 6.07) is 0. The second kappa shape index (κ2) is 4.32. The van der Waals surface area contributed by atoms with Gasteiger partial charge in [0.25, 0.3) is 0 Å². The van der Waals surface area contributed by atoms with Gasteiger partial charge in [-0.25, -0.2) is 0 Å². The van der Waals surface area contributed by atoms with Crippen molar-refractivity contribution in [1.29, 1.82) is 0 Å². The number of rotatable bonds is 2. The van der Waals surface area contributed by atoms with Crippen molar-refractivity contribution in [3.05, 3.63) is 0 Å². The van der Waals surface area contributed by atoms with Crippen LogP contribution in [0.3, 0.4) is 0 Å². The molecule has 0 radical (unpaired) electrons. The van der Waals surface area contributed by atoms with Crippen LogP contribution in [-0.2, 0) is 4.74 Å². The van der Waals surface area contributed by atoms with E-state index in [9.17, 15) is 15.3 Å². The fourth-order valence-corrected chi connectivity index (χ4v) is 1.34. The van der Waals surface area contributed by atoms with Gasteiger partial charge in [0.15, 0.2) is 0 Å². The van der Waals surface area contributed by atoms with Crippen LogP contribution in [0.15, 0.2) is 0 Å². The smallest absolute Gasteiger partial charge is 0.137 e. The van der Waals surface area contributed by atoms with Crippen molar-refractivity contribution in [1.82, 2.24) is 5.32 Å². The minimum Gasteiger partial charge on any atom is -0.394 e. The second-order valence-corrected chi connectivity index (χ2v) is 3.04. The Morgan fingerprint density at radius 2 is 1.77 bits per heavy atom. The summed E-state index contributed by atoms with van der Waals surface area (Å²) in [6.07, 6.45) is -5.39. The summed E-state index contributed by atoms with van der Waals surface area (Å²) >= 11 is 0. The first-order valence-electron chi connectivity index (χ1n) is 4.09. The molecule has 0 bridgehead atoms. The van der Waals surface area contributed by atoms with Crippen LogP contribution in [0.4, 0.5) is 0 Å². The van der Waals surface area contributed by atoms with Crippen molar-refractivity contribution in [2.45, 2.75) is 30.6 Å². The Kier molecular flexibility index (Phi) is 3.60. The van der Waals surface area contributed by atoms with Gasteiger partial charge in [-0.05, 0) is 7.05 Å². The van der Waals surface area contributed by atoms with Gasteiger partial charge in [0.2, 0.25) is 0 Å². The normalized spacial score (nSPS) is 46.4. The van der Waals surface area contributed by atoms with Gasteiger partial charge < -0.3 is 25.2 Å². The molecule has 6 heteroatoms. The summed E-state index contributed by atoms with van der Waals surface area (Å²) in [7, 11) is 1.55. The molecule has 0 saturated carbocycles. The van der Waals surface area contributed by atoms with Gasteiger partial charge in [-0.3, -0.25) is 5.32 Å². The average Bonchev–Trinajstić information content (AvgIpc) is 2.15. The number of hydrogen-bond donors (Lipinski definition) is 5. The zero-order valence-corrected chi connectivity index (χ0v) is 7.29. The maximum absolute atomic E-state index is 9.34. The average molecular weight is 193 g/mol. The van der Waals surface area contributed by atoms with E-state index in [1.54, 1.807) is 7.05 Å². The minimum atomic E-state index is -1.30. The molecule has 0 aromatic rings. The van der Waals surface area contributed by atoms with Crippen molar-refractivity contribution in [2.75, 3.05) is 13.7 Å². The van der Waals surface area contributed by atoms with E-state index in [1.807, 2.05) is 0 Å². The summed E-state index contributed by atoms with van der Waals surface area (Å²) in [5.74, 6) is 0. The third kappa shape index (κ3) is 1.98. The summed E-state index contributed by atoms with van der Waals surface area (Å²) < 4.78 is 5.06. The van der Waals surface area contributed by atoms with Crippen LogP contribution < -0.4 is 5.32 Å². The maximum Gasteiger partial charge on any atom is 0.137 e. The van der Waals surface area contributed by atoms with Crippen LogP contribution in [0, 0.1) is 0 Å². The van der Waals surface area contributed by atoms with Crippen LogP contribution in [0.25, 0.3) is 0 Å². The predicted molar refractivity (Wildman–Crippen MR) is 42.8 cm³/mol. The van der Waals surface area contributed by atoms with Crippen LogP contribution in [0.2, 0.25) is 0 Å². The van der Waals surface area contributed by atoms with E-state index >= 15 is 0 Å². The van der Waals surface area contributed by atoms with E-state index in [0.29, 0.717) is 0 Å². The lowest BCUT2D eigenvalue weighted by Gasteiger charge is -2.39. The lowest BCUT2D eigenvalue weighted by molar-refractivity contribution is -0.235. The lowest BCUT2D eigenvalue weighted by Crippen LogP contribution is -2.61. The minimum absolute atomic E-state index is 0.400. The highest BCUT2D eigenvalue weighted by molar-refractivity contribution is 4.90. The Hall–Kier alpha value is -0.240. The molecule has 0 amide bonds. The first-order valence-corrected chi connectivity index (χ1v) is 4.09. The highest BCUT2D eigenvalue weighted by atomic mass is 16.6. The molecule has 78 valence electrons. The predicted octanol–water partition coefficient (Wildman–Crippen LogP) is -2.99. The molecule has 1 aliphatic rings. The molecule has 5 atom stereocenters. The monoisotopic (exact) mass is 193 g/mol. The molecule has 1 fully saturated rings. The topological polar surface area (TPSA) is 102 Å². The molecular formula is C7H15NO5. The quantitative estimate of drug-likeness (QED) is 0.320. The van der Waals surface area contributed by atoms with E-state index in [2.05, 4.69) is 5.32 Å². The Morgan fingerprint density at radius 3 is 2.23 bits per heavy atom. The molecule has 0 unspecified atom stereocenters. The van der Waals surface area contributed by atoms with Crippen LogP contribution in [0.1, 0.15) is 0 Å². The van der Waals surface area contributed by atoms with Gasteiger partial charge in [-0.15, -0.1) is 0 Å². The standard InChI is InChI=1S/C7H15NO5/c1-8-7-6(12)5(11)4(10)3(2-9)13-7/h3-12H,2H2,1H3/t3-,4+,5+,6-,7+/m1/s1. The highest BCUT2D eigenvalue weighted by Crippen LogP contribution is 2.18. The molecule has 5 N–H and O–H groups in total. The number of likely N-dealkylation sites (N-methyl/N-ethyl adjacent to an activating group) is 1. The third-order valence-corrected chi connectivity index (χ3v) is 2.18. The summed E-state index contributed by atoms with van der Waals surface area (Å²) in [5, 5.41) is 39.3. The van der Waals surface area contributed by atoms with Crippen LogP contribution >= 0.6 is 0 Å². The fourth-order valence-electron chi connectivity index (χ4n) is 1.34. The molecule has 0 spiro atoms. The van der Waals surface area contributed by atoms with Crippen molar-refractivity contribution in [2.24, 2.45) is 0 Å². The Morgan fingerprint density at radius 1 is 1.15 bits per heavy atom. The van der Waals surface area contributed by atoms with E-state index < -0.39 is 37.3 Å². The molecule has 6 nitrogen and oxygen atoms in total. The van der Waals surface area contributed by atoms with Crippen molar-refractivity contribution in [3.8, 4) is 0 Å². The molecule has 1 heterocycles. The Balaban J connectivity index is 2.66. The van der Waals surface area contributed by atoms with Gasteiger partial charge >= 0.3 is 0 Å². The molecule has 13 heavy (non-hydrogen) atoms. The number of hydrogen-bond acceptors (Lipinski definition) is 6. The SMILES string of the molecule is CN[C@H]1O[C@H](CO)[C@H](O)[C@H](O)[C@H]1O. The molecule has 0 aromatic carbocycles. The van der Waals surface area contributed by atoms with Crippen molar-refractivity contribution < 1.29 is 25.2 Å². The number of aliphatic hydroxyl groups is 4. The van der Waals surface area contributed by atoms with E-state index in [4.69, 9.17) is 9.84 Å². The largest absolute Gasteiger partial charge is 0.394 e. The van der Waals surface area contributed by atoms with Crippen LogP contribution in [0.5, 0.6) is 0 Å². The molecule has 0 aliphatic carbocycles. The molecule has 1 saturated heterocycles. The summed E-state index contributed by atoms with van der Waals surface area (Å²) in [5.41, 5.74) is 0.